The molecule has 0 fully saturated rings. The van der Waals surface area contributed by atoms with Crippen LogP contribution in [0.25, 0.3) is 17.3 Å². The first-order valence-corrected chi connectivity index (χ1v) is 12.7. The lowest BCUT2D eigenvalue weighted by molar-refractivity contribution is -0.115. The highest BCUT2D eigenvalue weighted by atomic mass is 32.2. The Balaban J connectivity index is 0.00000114. The summed E-state index contributed by atoms with van der Waals surface area (Å²) in [6, 6.07) is 7.99. The van der Waals surface area contributed by atoms with Crippen molar-refractivity contribution in [3.63, 3.8) is 0 Å². The van der Waals surface area contributed by atoms with Crippen molar-refractivity contribution in [1.82, 2.24) is 20.1 Å². The molecular formula is C24H30N4O2S2. The van der Waals surface area contributed by atoms with Crippen LogP contribution in [0.5, 0.6) is 0 Å². The fourth-order valence-corrected chi connectivity index (χ4v) is 4.40. The predicted octanol–water partition coefficient (Wildman–Crippen LogP) is 5.15. The molecule has 1 unspecified atom stereocenters. The van der Waals surface area contributed by atoms with E-state index in [-0.39, 0.29) is 5.91 Å². The number of amides is 1. The highest BCUT2D eigenvalue weighted by molar-refractivity contribution is 7.86. The van der Waals surface area contributed by atoms with E-state index in [0.717, 1.165) is 21.8 Å². The van der Waals surface area contributed by atoms with Crippen LogP contribution < -0.4 is 5.32 Å². The maximum atomic E-state index is 12.8. The van der Waals surface area contributed by atoms with E-state index in [1.165, 1.54) is 17.8 Å². The molecule has 3 aromatic rings. The molecule has 170 valence electrons. The summed E-state index contributed by atoms with van der Waals surface area (Å²) in [7, 11) is -1.12. The monoisotopic (exact) mass is 470 g/mol. The summed E-state index contributed by atoms with van der Waals surface area (Å²) < 4.78 is 13.8. The van der Waals surface area contributed by atoms with Crippen LogP contribution in [0.4, 0.5) is 0 Å². The van der Waals surface area contributed by atoms with Crippen molar-refractivity contribution in [2.24, 2.45) is 0 Å². The van der Waals surface area contributed by atoms with E-state index in [0.29, 0.717) is 22.0 Å². The molecule has 0 aliphatic rings. The van der Waals surface area contributed by atoms with E-state index in [4.69, 9.17) is 0 Å². The molecule has 0 radical (unpaired) electrons. The predicted molar refractivity (Wildman–Crippen MR) is 134 cm³/mol. The second-order valence-electron chi connectivity index (χ2n) is 7.03. The Hall–Kier alpha value is -2.84. The summed E-state index contributed by atoms with van der Waals surface area (Å²) in [5.41, 5.74) is 4.03. The van der Waals surface area contributed by atoms with Gasteiger partial charge in [0.2, 0.25) is 0 Å². The fraction of sp³-hybridized carbons (Fsp3) is 0.292. The fourth-order valence-electron chi connectivity index (χ4n) is 2.83. The third kappa shape index (κ3) is 6.34. The standard InChI is InChI=1S/C21H22N4O2S2.C3H8/c1-5-17(20(26)22-11-16-12-23-21(28-16)29(4)27)18-13-24-25(19(18)6-2)15-9-7-14(3)8-10-15;1-3-2/h5-10,12-13H,2,11H2,1,3-4H3,(H,22,26);3H2,1-2H3/b17-5+;. The Bertz CT molecular complexity index is 1110. The molecule has 2 heterocycles. The third-order valence-corrected chi connectivity index (χ3v) is 6.65. The Labute approximate surface area is 196 Å². The lowest BCUT2D eigenvalue weighted by Crippen LogP contribution is -2.23. The zero-order valence-corrected chi connectivity index (χ0v) is 20.8. The number of nitrogens with zero attached hydrogens (tertiary/aromatic N) is 3. The van der Waals surface area contributed by atoms with Crippen molar-refractivity contribution >= 4 is 39.7 Å². The maximum Gasteiger partial charge on any atom is 0.251 e. The lowest BCUT2D eigenvalue weighted by Gasteiger charge is -2.09. The van der Waals surface area contributed by atoms with E-state index < -0.39 is 10.8 Å². The molecule has 0 saturated heterocycles. The van der Waals surface area contributed by atoms with Crippen LogP contribution in [-0.2, 0) is 22.1 Å². The molecule has 1 aromatic carbocycles. The number of benzene rings is 1. The van der Waals surface area contributed by atoms with Crippen molar-refractivity contribution in [2.45, 2.75) is 45.0 Å². The van der Waals surface area contributed by atoms with Crippen molar-refractivity contribution in [3.8, 4) is 5.69 Å². The number of aromatic nitrogens is 3. The highest BCUT2D eigenvalue weighted by Gasteiger charge is 2.19. The van der Waals surface area contributed by atoms with Crippen LogP contribution in [0.15, 0.2) is 53.7 Å². The highest BCUT2D eigenvalue weighted by Crippen LogP contribution is 2.24. The summed E-state index contributed by atoms with van der Waals surface area (Å²) in [5, 5.41) is 7.36. The number of nitrogens with one attached hydrogen (secondary N) is 1. The molecule has 0 bridgehead atoms. The van der Waals surface area contributed by atoms with Crippen LogP contribution in [-0.4, -0.2) is 31.1 Å². The second kappa shape index (κ2) is 12.3. The first kappa shape index (κ1) is 25.4. The minimum absolute atomic E-state index is 0.216. The Morgan fingerprint density at radius 1 is 1.25 bits per heavy atom. The molecule has 3 rings (SSSR count). The van der Waals surface area contributed by atoms with E-state index in [1.807, 2.05) is 38.1 Å². The number of rotatable bonds is 7. The third-order valence-electron chi connectivity index (χ3n) is 4.30. The van der Waals surface area contributed by atoms with Gasteiger partial charge in [-0.05, 0) is 32.1 Å². The minimum Gasteiger partial charge on any atom is -0.347 e. The van der Waals surface area contributed by atoms with Crippen LogP contribution in [0.1, 0.15) is 48.9 Å². The average molecular weight is 471 g/mol. The van der Waals surface area contributed by atoms with Gasteiger partial charge in [-0.2, -0.15) is 5.10 Å². The van der Waals surface area contributed by atoms with E-state index in [2.05, 4.69) is 35.8 Å². The Morgan fingerprint density at radius 2 is 1.91 bits per heavy atom. The molecule has 6 nitrogen and oxygen atoms in total. The molecule has 2 aromatic heterocycles. The van der Waals surface area contributed by atoms with Gasteiger partial charge in [0, 0.05) is 28.5 Å². The zero-order valence-electron chi connectivity index (χ0n) is 19.2. The largest absolute Gasteiger partial charge is 0.347 e. The lowest BCUT2D eigenvalue weighted by atomic mass is 10.1. The molecule has 1 amide bonds. The molecule has 1 atom stereocenters. The number of thiazole rings is 1. The van der Waals surface area contributed by atoms with Crippen LogP contribution >= 0.6 is 11.3 Å². The van der Waals surface area contributed by atoms with Gasteiger partial charge in [0.25, 0.3) is 5.91 Å². The van der Waals surface area contributed by atoms with Crippen molar-refractivity contribution in [3.05, 3.63) is 71.0 Å². The number of carbonyl (C=O) groups is 1. The number of carbonyl (C=O) groups excluding carboxylic acids is 1. The molecule has 0 aliphatic carbocycles. The smallest absolute Gasteiger partial charge is 0.251 e. The molecular weight excluding hydrogens is 440 g/mol. The molecule has 32 heavy (non-hydrogen) atoms. The van der Waals surface area contributed by atoms with Gasteiger partial charge in [-0.3, -0.25) is 9.00 Å². The second-order valence-corrected chi connectivity index (χ2v) is 9.70. The van der Waals surface area contributed by atoms with Gasteiger partial charge in [-0.15, -0.1) is 11.3 Å². The molecule has 1 N–H and O–H groups in total. The summed E-state index contributed by atoms with van der Waals surface area (Å²) >= 11 is 1.33. The summed E-state index contributed by atoms with van der Waals surface area (Å²) in [6.07, 6.45) is 9.61. The first-order valence-electron chi connectivity index (χ1n) is 10.4. The van der Waals surface area contributed by atoms with Gasteiger partial charge in [0.05, 0.1) is 34.9 Å². The van der Waals surface area contributed by atoms with Gasteiger partial charge >= 0.3 is 0 Å². The zero-order chi connectivity index (χ0) is 23.7. The average Bonchev–Trinajstić information content (AvgIpc) is 3.41. The Morgan fingerprint density at radius 3 is 2.44 bits per heavy atom. The van der Waals surface area contributed by atoms with E-state index >= 15 is 0 Å². The molecule has 8 heteroatoms. The molecule has 0 saturated carbocycles. The van der Waals surface area contributed by atoms with Crippen LogP contribution in [0.2, 0.25) is 0 Å². The number of hydrogen-bond acceptors (Lipinski definition) is 5. The van der Waals surface area contributed by atoms with E-state index in [9.17, 15) is 9.00 Å². The summed E-state index contributed by atoms with van der Waals surface area (Å²) in [5.74, 6) is -0.216. The Kier molecular flexibility index (Phi) is 9.74. The molecule has 0 aliphatic heterocycles. The van der Waals surface area contributed by atoms with E-state index in [1.54, 1.807) is 35.5 Å². The minimum atomic E-state index is -1.12. The van der Waals surface area contributed by atoms with Gasteiger partial charge in [-0.1, -0.05) is 50.6 Å². The summed E-state index contributed by atoms with van der Waals surface area (Å²) in [6.45, 7) is 12.3. The SMILES string of the molecule is C=Cc1c(/C(=C\C)C(=O)NCc2cnc(S(C)=O)s2)cnn1-c1ccc(C)cc1.CCC. The first-order chi connectivity index (χ1) is 15.4. The number of allylic oxidation sites excluding steroid dienone is 1. The van der Waals surface area contributed by atoms with Gasteiger partial charge < -0.3 is 5.32 Å². The quantitative estimate of drug-likeness (QED) is 0.484. The van der Waals surface area contributed by atoms with Crippen molar-refractivity contribution in [2.75, 3.05) is 6.26 Å². The van der Waals surface area contributed by atoms with Gasteiger partial charge in [0.15, 0.2) is 4.34 Å². The topological polar surface area (TPSA) is 76.9 Å². The summed E-state index contributed by atoms with van der Waals surface area (Å²) in [4.78, 5) is 17.8. The van der Waals surface area contributed by atoms with Crippen molar-refractivity contribution < 1.29 is 9.00 Å². The number of hydrogen-bond donors (Lipinski definition) is 1. The van der Waals surface area contributed by atoms with Crippen LogP contribution in [0.3, 0.4) is 0 Å². The normalized spacial score (nSPS) is 12.0. The molecule has 0 spiro atoms. The van der Waals surface area contributed by atoms with Gasteiger partial charge in [0.1, 0.15) is 0 Å². The maximum absolute atomic E-state index is 12.8. The number of aryl methyl sites for hydroxylation is 1. The van der Waals surface area contributed by atoms with Crippen LogP contribution in [0, 0.1) is 6.92 Å². The van der Waals surface area contributed by atoms with Gasteiger partial charge in [-0.25, -0.2) is 9.67 Å². The van der Waals surface area contributed by atoms with Crippen molar-refractivity contribution in [1.29, 1.82) is 0 Å².